The number of benzene rings is 1. The lowest BCUT2D eigenvalue weighted by Crippen LogP contribution is -2.50. The van der Waals surface area contributed by atoms with Gasteiger partial charge in [0.1, 0.15) is 5.92 Å². The molecule has 1 aromatic rings. The van der Waals surface area contributed by atoms with E-state index in [1.165, 1.54) is 16.7 Å². The lowest BCUT2D eigenvalue weighted by molar-refractivity contribution is -0.286. The van der Waals surface area contributed by atoms with Crippen LogP contribution < -0.4 is 0 Å². The third-order valence-corrected chi connectivity index (χ3v) is 4.88. The minimum absolute atomic E-state index is 0.0133. The maximum absolute atomic E-state index is 9.70. The van der Waals surface area contributed by atoms with Gasteiger partial charge in [-0.05, 0) is 29.2 Å². The largest absolute Gasteiger partial charge is 0.345 e. The molecule has 3 aliphatic rings. The van der Waals surface area contributed by atoms with E-state index in [4.69, 9.17) is 9.47 Å². The Hall–Kier alpha value is -1.63. The zero-order valence-electron chi connectivity index (χ0n) is 12.4. The van der Waals surface area contributed by atoms with Crippen LogP contribution in [0.5, 0.6) is 0 Å². The van der Waals surface area contributed by atoms with Crippen molar-refractivity contribution in [3.63, 3.8) is 0 Å². The summed E-state index contributed by atoms with van der Waals surface area (Å²) in [5, 5.41) is 9.70. The van der Waals surface area contributed by atoms with E-state index in [0.29, 0.717) is 13.2 Å². The van der Waals surface area contributed by atoms with E-state index < -0.39 is 5.79 Å². The average Bonchev–Trinajstić information content (AvgIpc) is 2.95. The molecule has 1 heterocycles. The summed E-state index contributed by atoms with van der Waals surface area (Å²) in [7, 11) is 0. The van der Waals surface area contributed by atoms with Gasteiger partial charge in [-0.25, -0.2) is 0 Å². The number of nitriles is 1. The Morgan fingerprint density at radius 2 is 1.90 bits per heavy atom. The lowest BCUT2D eigenvalue weighted by atomic mass is 9.87. The first kappa shape index (κ1) is 13.1. The summed E-state index contributed by atoms with van der Waals surface area (Å²) in [4.78, 5) is 0. The molecule has 1 fully saturated rings. The highest BCUT2D eigenvalue weighted by atomic mass is 16.7. The third-order valence-electron chi connectivity index (χ3n) is 4.88. The number of rotatable bonds is 0. The Morgan fingerprint density at radius 3 is 2.62 bits per heavy atom. The zero-order valence-corrected chi connectivity index (χ0v) is 12.4. The number of ether oxygens (including phenoxy) is 2. The second-order valence-corrected chi connectivity index (χ2v) is 7.14. The summed E-state index contributed by atoms with van der Waals surface area (Å²) in [6, 6.07) is 10.9. The van der Waals surface area contributed by atoms with E-state index in [1.54, 1.807) is 0 Å². The maximum Gasteiger partial charge on any atom is 0.205 e. The molecule has 0 radical (unpaired) electrons. The van der Waals surface area contributed by atoms with Crippen LogP contribution in [0.2, 0.25) is 0 Å². The van der Waals surface area contributed by atoms with Gasteiger partial charge >= 0.3 is 0 Å². The van der Waals surface area contributed by atoms with Crippen LogP contribution in [-0.2, 0) is 15.9 Å². The molecule has 0 amide bonds. The normalized spacial score (nSPS) is 31.4. The fourth-order valence-electron chi connectivity index (χ4n) is 3.74. The molecule has 0 bridgehead atoms. The van der Waals surface area contributed by atoms with Crippen molar-refractivity contribution in [2.24, 2.45) is 17.3 Å². The molecule has 0 saturated carbocycles. The van der Waals surface area contributed by atoms with Gasteiger partial charge in [0.15, 0.2) is 0 Å². The Balaban J connectivity index is 1.75. The monoisotopic (exact) mass is 281 g/mol. The van der Waals surface area contributed by atoms with Gasteiger partial charge in [0, 0.05) is 11.3 Å². The van der Waals surface area contributed by atoms with Gasteiger partial charge in [-0.2, -0.15) is 5.26 Å². The van der Waals surface area contributed by atoms with Crippen molar-refractivity contribution in [3.05, 3.63) is 41.5 Å². The van der Waals surface area contributed by atoms with E-state index in [9.17, 15) is 5.26 Å². The van der Waals surface area contributed by atoms with Gasteiger partial charge in [-0.1, -0.05) is 38.1 Å². The molecule has 1 spiro atoms. The molecule has 0 N–H and O–H groups in total. The number of hydrogen-bond donors (Lipinski definition) is 0. The molecule has 3 heteroatoms. The molecule has 21 heavy (non-hydrogen) atoms. The average molecular weight is 281 g/mol. The molecule has 3 nitrogen and oxygen atoms in total. The van der Waals surface area contributed by atoms with Crippen molar-refractivity contribution in [3.8, 4) is 6.07 Å². The standard InChI is InChI=1S/C18H19NO2/c1-17(2)10-20-18(21-11-17)8-15-13-6-4-3-5-12(13)7-14(15)16(18)9-19/h3-6,8,14,16H,7,10-11H2,1-2H3/t14-,16-/m1/s1. The first-order valence-corrected chi connectivity index (χ1v) is 7.53. The molecule has 108 valence electrons. The quantitative estimate of drug-likeness (QED) is 0.733. The Bertz CT molecular complexity index is 658. The predicted molar refractivity (Wildman–Crippen MR) is 79.1 cm³/mol. The van der Waals surface area contributed by atoms with Crippen LogP contribution in [0.1, 0.15) is 25.0 Å². The maximum atomic E-state index is 9.70. The summed E-state index contributed by atoms with van der Waals surface area (Å²) in [5.41, 5.74) is 3.84. The molecule has 0 unspecified atom stereocenters. The van der Waals surface area contributed by atoms with Crippen LogP contribution in [0.4, 0.5) is 0 Å². The van der Waals surface area contributed by atoms with Gasteiger partial charge in [-0.15, -0.1) is 0 Å². The van der Waals surface area contributed by atoms with E-state index in [0.717, 1.165) is 6.42 Å². The van der Waals surface area contributed by atoms with Crippen molar-refractivity contribution in [2.45, 2.75) is 26.1 Å². The number of fused-ring (bicyclic) bond motifs is 3. The molecular weight excluding hydrogens is 262 g/mol. The van der Waals surface area contributed by atoms with Crippen LogP contribution in [0.3, 0.4) is 0 Å². The van der Waals surface area contributed by atoms with Crippen molar-refractivity contribution in [1.29, 1.82) is 5.26 Å². The molecular formula is C18H19NO2. The van der Waals surface area contributed by atoms with E-state index in [-0.39, 0.29) is 17.3 Å². The summed E-state index contributed by atoms with van der Waals surface area (Å²) < 4.78 is 12.2. The molecule has 0 aromatic heterocycles. The molecule has 2 aliphatic carbocycles. The first-order chi connectivity index (χ1) is 10.0. The summed E-state index contributed by atoms with van der Waals surface area (Å²) in [5.74, 6) is -0.887. The van der Waals surface area contributed by atoms with Gasteiger partial charge < -0.3 is 9.47 Å². The summed E-state index contributed by atoms with van der Waals surface area (Å²) >= 11 is 0. The fourth-order valence-corrected chi connectivity index (χ4v) is 3.74. The van der Waals surface area contributed by atoms with Crippen LogP contribution >= 0.6 is 0 Å². The molecule has 4 rings (SSSR count). The molecule has 1 saturated heterocycles. The van der Waals surface area contributed by atoms with Crippen molar-refractivity contribution >= 4 is 5.57 Å². The number of allylic oxidation sites excluding steroid dienone is 1. The van der Waals surface area contributed by atoms with Gasteiger partial charge in [0.2, 0.25) is 5.79 Å². The smallest absolute Gasteiger partial charge is 0.205 e. The molecule has 2 atom stereocenters. The minimum atomic E-state index is -0.836. The predicted octanol–water partition coefficient (Wildman–Crippen LogP) is 3.16. The lowest BCUT2D eigenvalue weighted by Gasteiger charge is -2.42. The SMILES string of the molecule is CC1(C)COC2(C=C3c4ccccc4C[C@H]3[C@H]2C#N)OC1. The minimum Gasteiger partial charge on any atom is -0.345 e. The topological polar surface area (TPSA) is 42.2 Å². The Morgan fingerprint density at radius 1 is 1.19 bits per heavy atom. The van der Waals surface area contributed by atoms with Crippen molar-refractivity contribution < 1.29 is 9.47 Å². The van der Waals surface area contributed by atoms with Gasteiger partial charge in [0.05, 0.1) is 19.3 Å². The van der Waals surface area contributed by atoms with Crippen LogP contribution in [0.15, 0.2) is 30.3 Å². The van der Waals surface area contributed by atoms with Crippen LogP contribution in [0, 0.1) is 28.6 Å². The van der Waals surface area contributed by atoms with E-state index >= 15 is 0 Å². The highest BCUT2D eigenvalue weighted by molar-refractivity contribution is 5.78. The van der Waals surface area contributed by atoms with Crippen LogP contribution in [0.25, 0.3) is 5.57 Å². The van der Waals surface area contributed by atoms with E-state index in [2.05, 4.69) is 50.3 Å². The Kier molecular flexibility index (Phi) is 2.61. The third kappa shape index (κ3) is 1.79. The number of hydrogen-bond acceptors (Lipinski definition) is 3. The van der Waals surface area contributed by atoms with Crippen LogP contribution in [-0.4, -0.2) is 19.0 Å². The highest BCUT2D eigenvalue weighted by Gasteiger charge is 2.55. The summed E-state index contributed by atoms with van der Waals surface area (Å²) in [6.07, 6.45) is 2.99. The van der Waals surface area contributed by atoms with E-state index in [1.807, 2.05) is 0 Å². The zero-order chi connectivity index (χ0) is 14.7. The first-order valence-electron chi connectivity index (χ1n) is 7.53. The molecule has 1 aromatic carbocycles. The van der Waals surface area contributed by atoms with Crippen molar-refractivity contribution in [1.82, 2.24) is 0 Å². The highest BCUT2D eigenvalue weighted by Crippen LogP contribution is 2.53. The Labute approximate surface area is 125 Å². The van der Waals surface area contributed by atoms with Gasteiger partial charge in [-0.3, -0.25) is 0 Å². The second kappa shape index (κ2) is 4.19. The van der Waals surface area contributed by atoms with Crippen molar-refractivity contribution in [2.75, 3.05) is 13.2 Å². The fraction of sp³-hybridized carbons (Fsp3) is 0.500. The number of nitrogens with zero attached hydrogens (tertiary/aromatic N) is 1. The molecule has 1 aliphatic heterocycles. The van der Waals surface area contributed by atoms with Gasteiger partial charge in [0.25, 0.3) is 0 Å². The summed E-state index contributed by atoms with van der Waals surface area (Å²) in [6.45, 7) is 5.51. The second-order valence-electron chi connectivity index (χ2n) is 7.14.